The molecule has 8 nitrogen and oxygen atoms in total. The molecule has 0 bridgehead atoms. The first-order chi connectivity index (χ1) is 16.4. The van der Waals surface area contributed by atoms with E-state index in [1.165, 1.54) is 15.2 Å². The number of hydrogen-bond donors (Lipinski definition) is 2. The summed E-state index contributed by atoms with van der Waals surface area (Å²) in [7, 11) is -4.05. The summed E-state index contributed by atoms with van der Waals surface area (Å²) < 4.78 is 34.8. The number of fused-ring (bicyclic) bond motifs is 1. The van der Waals surface area contributed by atoms with Crippen molar-refractivity contribution in [3.8, 4) is 5.88 Å². The Hall–Kier alpha value is -2.91. The maximum absolute atomic E-state index is 12.8. The Morgan fingerprint density at radius 2 is 1.80 bits per heavy atom. The van der Waals surface area contributed by atoms with Gasteiger partial charge >= 0.3 is 0 Å². The number of benzene rings is 1. The molecule has 1 aromatic heterocycles. The largest absolute Gasteiger partial charge is 0.494 e. The van der Waals surface area contributed by atoms with Crippen molar-refractivity contribution in [2.75, 3.05) is 17.2 Å². The third-order valence-corrected chi connectivity index (χ3v) is 7.46. The van der Waals surface area contributed by atoms with E-state index in [1.807, 2.05) is 49.1 Å². The highest BCUT2D eigenvalue weighted by Crippen LogP contribution is 2.47. The Morgan fingerprint density at radius 1 is 1.14 bits per heavy atom. The maximum atomic E-state index is 12.8. The van der Waals surface area contributed by atoms with Crippen LogP contribution in [0.1, 0.15) is 45.2 Å². The minimum atomic E-state index is -4.05. The predicted molar refractivity (Wildman–Crippen MR) is 141 cm³/mol. The van der Waals surface area contributed by atoms with Gasteiger partial charge in [-0.1, -0.05) is 32.0 Å². The normalized spacial score (nSPS) is 15.7. The van der Waals surface area contributed by atoms with Crippen LogP contribution in [0.2, 0.25) is 0 Å². The van der Waals surface area contributed by atoms with Gasteiger partial charge in [0.25, 0.3) is 15.7 Å². The summed E-state index contributed by atoms with van der Waals surface area (Å²) >= 11 is 5.32. The summed E-state index contributed by atoms with van der Waals surface area (Å²) in [5.41, 5.74) is 5.36. The van der Waals surface area contributed by atoms with Crippen molar-refractivity contribution in [3.63, 3.8) is 0 Å². The van der Waals surface area contributed by atoms with Crippen molar-refractivity contribution in [1.82, 2.24) is 9.13 Å². The van der Waals surface area contributed by atoms with E-state index in [2.05, 4.69) is 19.6 Å². The number of nitrogens with zero attached hydrogens (tertiary/aromatic N) is 3. The van der Waals surface area contributed by atoms with E-state index in [9.17, 15) is 18.3 Å². The van der Waals surface area contributed by atoms with Crippen LogP contribution in [-0.4, -0.2) is 39.5 Å². The molecule has 188 valence electrons. The highest BCUT2D eigenvalue weighted by atomic mass is 32.2. The topological polar surface area (TPSA) is 105 Å². The summed E-state index contributed by atoms with van der Waals surface area (Å²) in [6, 6.07) is 7.91. The molecule has 2 heterocycles. The molecule has 0 atom stereocenters. The van der Waals surface area contributed by atoms with E-state index in [-0.39, 0.29) is 39.4 Å². The average Bonchev–Trinajstić information content (AvgIpc) is 2.99. The summed E-state index contributed by atoms with van der Waals surface area (Å²) in [5, 5.41) is 10.6. The van der Waals surface area contributed by atoms with E-state index >= 15 is 0 Å². The molecule has 10 heteroatoms. The first-order valence-corrected chi connectivity index (χ1v) is 13.5. The minimum absolute atomic E-state index is 0.107. The molecule has 0 fully saturated rings. The quantitative estimate of drug-likeness (QED) is 0.306. The second-order valence-electron chi connectivity index (χ2n) is 8.78. The minimum Gasteiger partial charge on any atom is -0.494 e. The van der Waals surface area contributed by atoms with Crippen LogP contribution in [0.25, 0.3) is 6.08 Å². The van der Waals surface area contributed by atoms with Crippen molar-refractivity contribution in [1.29, 1.82) is 0 Å². The first kappa shape index (κ1) is 26.7. The van der Waals surface area contributed by atoms with Crippen LogP contribution < -0.4 is 10.5 Å². The van der Waals surface area contributed by atoms with E-state index in [1.54, 1.807) is 6.08 Å². The fourth-order valence-corrected chi connectivity index (χ4v) is 5.37. The molecule has 3 rings (SSSR count). The molecule has 1 aliphatic heterocycles. The smallest absolute Gasteiger partial charge is 0.266 e. The second-order valence-corrected chi connectivity index (χ2v) is 10.7. The van der Waals surface area contributed by atoms with Crippen LogP contribution in [-0.2, 0) is 28.6 Å². The summed E-state index contributed by atoms with van der Waals surface area (Å²) in [6.45, 7) is 9.03. The number of allylic oxidation sites excluding steroid dienone is 3. The molecule has 0 spiro atoms. The van der Waals surface area contributed by atoms with Crippen LogP contribution in [0.4, 0.5) is 5.69 Å². The van der Waals surface area contributed by atoms with Crippen molar-refractivity contribution in [2.24, 2.45) is 0 Å². The van der Waals surface area contributed by atoms with E-state index in [0.29, 0.717) is 19.6 Å². The standard InChI is InChI=1S/C25H31N3O5S2/c1-5-26-22(29)18(23(30)27(6-2)24(26)34)12-7-10-15-21-25(3,4)19-13-8-9-14-20(19)28(21)16-11-17-35(31,32)33/h8-10,12-15,29H,5-6,11,16-17H2,1-4H3,(H,31,32,33). The number of aromatic nitrogens is 2. The van der Waals surface area contributed by atoms with E-state index in [4.69, 9.17) is 16.8 Å². The van der Waals surface area contributed by atoms with Gasteiger partial charge in [-0.3, -0.25) is 18.5 Å². The Balaban J connectivity index is 2.03. The van der Waals surface area contributed by atoms with Gasteiger partial charge in [0.05, 0.1) is 5.75 Å². The lowest BCUT2D eigenvalue weighted by Gasteiger charge is -2.26. The van der Waals surface area contributed by atoms with Gasteiger partial charge in [-0.15, -0.1) is 5.73 Å². The molecule has 0 amide bonds. The van der Waals surface area contributed by atoms with Gasteiger partial charge in [-0.05, 0) is 62.3 Å². The number of rotatable bonds is 8. The molecule has 0 saturated carbocycles. The van der Waals surface area contributed by atoms with Gasteiger partial charge in [0.2, 0.25) is 5.88 Å². The molecule has 0 radical (unpaired) electrons. The van der Waals surface area contributed by atoms with Gasteiger partial charge in [0, 0.05) is 36.4 Å². The summed E-state index contributed by atoms with van der Waals surface area (Å²) in [5.74, 6) is -0.518. The fourth-order valence-electron chi connectivity index (χ4n) is 4.45. The van der Waals surface area contributed by atoms with E-state index < -0.39 is 10.1 Å². The van der Waals surface area contributed by atoms with Crippen LogP contribution in [0.5, 0.6) is 5.88 Å². The maximum Gasteiger partial charge on any atom is 0.266 e. The SMILES string of the molecule is CCn1c(O)c(C=C=CC=C2N(CCCS(=O)(=O)O)c3ccccc3C2(C)C)c(=O)n(CC)c1=S. The van der Waals surface area contributed by atoms with Crippen molar-refractivity contribution < 1.29 is 18.1 Å². The Bertz CT molecular complexity index is 1440. The average molecular weight is 518 g/mol. The summed E-state index contributed by atoms with van der Waals surface area (Å²) in [4.78, 5) is 14.8. The Morgan fingerprint density at radius 3 is 2.43 bits per heavy atom. The van der Waals surface area contributed by atoms with Gasteiger partial charge in [0.1, 0.15) is 5.56 Å². The molecule has 0 aliphatic carbocycles. The van der Waals surface area contributed by atoms with Crippen molar-refractivity contribution in [3.05, 3.63) is 74.1 Å². The lowest BCUT2D eigenvalue weighted by atomic mass is 9.84. The van der Waals surface area contributed by atoms with Crippen LogP contribution in [0.15, 0.2) is 52.6 Å². The number of aromatic hydroxyl groups is 1. The predicted octanol–water partition coefficient (Wildman–Crippen LogP) is 4.25. The van der Waals surface area contributed by atoms with Crippen LogP contribution in [0.3, 0.4) is 0 Å². The first-order valence-electron chi connectivity index (χ1n) is 11.5. The van der Waals surface area contributed by atoms with E-state index in [0.717, 1.165) is 16.9 Å². The number of anilines is 1. The molecule has 2 aromatic rings. The van der Waals surface area contributed by atoms with Gasteiger partial charge < -0.3 is 10.0 Å². The zero-order valence-electron chi connectivity index (χ0n) is 20.4. The van der Waals surface area contributed by atoms with Crippen LogP contribution >= 0.6 is 12.2 Å². The molecular weight excluding hydrogens is 486 g/mol. The Labute approximate surface area is 210 Å². The second kappa shape index (κ2) is 10.4. The highest BCUT2D eigenvalue weighted by Gasteiger charge is 2.39. The molecule has 0 saturated heterocycles. The van der Waals surface area contributed by atoms with Gasteiger partial charge in [-0.2, -0.15) is 8.42 Å². The zero-order chi connectivity index (χ0) is 26.0. The molecule has 0 unspecified atom stereocenters. The number of hydrogen-bond acceptors (Lipinski definition) is 6. The van der Waals surface area contributed by atoms with Gasteiger partial charge in [-0.25, -0.2) is 0 Å². The third-order valence-electron chi connectivity index (χ3n) is 6.21. The Kier molecular flexibility index (Phi) is 7.91. The molecular formula is C25H31N3O5S2. The third kappa shape index (κ3) is 5.36. The monoisotopic (exact) mass is 517 g/mol. The number of para-hydroxylation sites is 1. The van der Waals surface area contributed by atoms with Crippen molar-refractivity contribution >= 4 is 34.1 Å². The molecule has 1 aromatic carbocycles. The lowest BCUT2D eigenvalue weighted by molar-refractivity contribution is 0.399. The highest BCUT2D eigenvalue weighted by molar-refractivity contribution is 7.85. The molecule has 35 heavy (non-hydrogen) atoms. The van der Waals surface area contributed by atoms with Gasteiger partial charge in [0.15, 0.2) is 4.77 Å². The lowest BCUT2D eigenvalue weighted by Crippen LogP contribution is -2.28. The molecule has 2 N–H and O–H groups in total. The van der Waals surface area contributed by atoms with Crippen LogP contribution in [0, 0.1) is 4.77 Å². The fraction of sp³-hybridized carbons (Fsp3) is 0.400. The summed E-state index contributed by atoms with van der Waals surface area (Å²) in [6.07, 6.45) is 5.25. The van der Waals surface area contributed by atoms with Crippen molar-refractivity contribution in [2.45, 2.75) is 52.6 Å². The molecule has 1 aliphatic rings. The zero-order valence-corrected chi connectivity index (χ0v) is 22.0.